The predicted octanol–water partition coefficient (Wildman–Crippen LogP) is -1.35. The summed E-state index contributed by atoms with van der Waals surface area (Å²) < 4.78 is 0. The van der Waals surface area contributed by atoms with Crippen LogP contribution in [0.3, 0.4) is 0 Å². The number of aromatic nitrogens is 2. The van der Waals surface area contributed by atoms with Crippen molar-refractivity contribution in [2.24, 2.45) is 16.5 Å². The summed E-state index contributed by atoms with van der Waals surface area (Å²) in [6.07, 6.45) is 1.52. The highest BCUT2D eigenvalue weighted by atomic mass is 15.2. The van der Waals surface area contributed by atoms with E-state index in [0.29, 0.717) is 24.0 Å². The van der Waals surface area contributed by atoms with E-state index in [0.717, 1.165) is 0 Å². The van der Waals surface area contributed by atoms with Gasteiger partial charge in [-0.15, -0.1) is 0 Å². The van der Waals surface area contributed by atoms with Crippen LogP contribution in [0.15, 0.2) is 11.2 Å². The molecular formula is C7H11N7. The van der Waals surface area contributed by atoms with Gasteiger partial charge in [0.2, 0.25) is 0 Å². The number of rotatable bonds is 2. The SMILES string of the molecule is N=C(N)c1cnc(C2CN=C(N)N2)[nH]1. The molecule has 7 heteroatoms. The minimum absolute atomic E-state index is 0.0318. The Morgan fingerprint density at radius 2 is 2.43 bits per heavy atom. The van der Waals surface area contributed by atoms with Crippen molar-refractivity contribution in [3.05, 3.63) is 17.7 Å². The fourth-order valence-corrected chi connectivity index (χ4v) is 1.26. The number of nitrogens with two attached hydrogens (primary N) is 2. The Kier molecular flexibility index (Phi) is 1.84. The third kappa shape index (κ3) is 1.39. The van der Waals surface area contributed by atoms with Gasteiger partial charge in [0, 0.05) is 0 Å². The second-order valence-electron chi connectivity index (χ2n) is 3.02. The van der Waals surface area contributed by atoms with Gasteiger partial charge in [-0.05, 0) is 0 Å². The van der Waals surface area contributed by atoms with Gasteiger partial charge in [0.15, 0.2) is 5.96 Å². The zero-order chi connectivity index (χ0) is 10.1. The molecule has 0 bridgehead atoms. The van der Waals surface area contributed by atoms with Gasteiger partial charge in [-0.25, -0.2) is 4.98 Å². The van der Waals surface area contributed by atoms with Crippen LogP contribution in [-0.4, -0.2) is 28.3 Å². The molecule has 0 aliphatic carbocycles. The molecule has 1 aliphatic heterocycles. The normalized spacial score (nSPS) is 20.3. The molecule has 7 nitrogen and oxygen atoms in total. The highest BCUT2D eigenvalue weighted by Gasteiger charge is 2.20. The molecular weight excluding hydrogens is 182 g/mol. The largest absolute Gasteiger partial charge is 0.382 e. The van der Waals surface area contributed by atoms with Crippen molar-refractivity contribution < 1.29 is 0 Å². The van der Waals surface area contributed by atoms with E-state index in [1.165, 1.54) is 6.20 Å². The number of aliphatic imine (C=N–C) groups is 1. The molecule has 2 rings (SSSR count). The molecule has 1 aliphatic rings. The fourth-order valence-electron chi connectivity index (χ4n) is 1.26. The minimum atomic E-state index is -0.0388. The fraction of sp³-hybridized carbons (Fsp3) is 0.286. The van der Waals surface area contributed by atoms with Crippen molar-refractivity contribution in [2.75, 3.05) is 6.54 Å². The number of amidine groups is 1. The molecule has 1 atom stereocenters. The maximum Gasteiger partial charge on any atom is 0.189 e. The molecule has 1 aromatic heterocycles. The highest BCUT2D eigenvalue weighted by molar-refractivity contribution is 5.92. The van der Waals surface area contributed by atoms with Gasteiger partial charge < -0.3 is 21.8 Å². The van der Waals surface area contributed by atoms with Crippen LogP contribution in [0.2, 0.25) is 0 Å². The van der Waals surface area contributed by atoms with Crippen molar-refractivity contribution >= 4 is 11.8 Å². The first-order valence-electron chi connectivity index (χ1n) is 4.12. The lowest BCUT2D eigenvalue weighted by Gasteiger charge is -2.06. The summed E-state index contributed by atoms with van der Waals surface area (Å²) in [4.78, 5) is 11.0. The third-order valence-corrected chi connectivity index (χ3v) is 1.98. The molecule has 0 amide bonds. The molecule has 0 spiro atoms. The molecule has 2 heterocycles. The number of nitrogen functional groups attached to an aromatic ring is 1. The van der Waals surface area contributed by atoms with Gasteiger partial charge >= 0.3 is 0 Å². The molecule has 0 radical (unpaired) electrons. The van der Waals surface area contributed by atoms with Crippen LogP contribution in [0.25, 0.3) is 0 Å². The van der Waals surface area contributed by atoms with Crippen molar-refractivity contribution in [1.82, 2.24) is 15.3 Å². The average Bonchev–Trinajstić information content (AvgIpc) is 2.70. The Morgan fingerprint density at radius 3 is 2.93 bits per heavy atom. The summed E-state index contributed by atoms with van der Waals surface area (Å²) in [5.41, 5.74) is 11.3. The number of guanidine groups is 1. The monoisotopic (exact) mass is 193 g/mol. The smallest absolute Gasteiger partial charge is 0.189 e. The first-order chi connectivity index (χ1) is 6.66. The van der Waals surface area contributed by atoms with Crippen LogP contribution in [0.5, 0.6) is 0 Å². The van der Waals surface area contributed by atoms with Crippen LogP contribution in [0.1, 0.15) is 17.6 Å². The molecule has 7 N–H and O–H groups in total. The van der Waals surface area contributed by atoms with Gasteiger partial charge in [0.05, 0.1) is 12.7 Å². The van der Waals surface area contributed by atoms with Gasteiger partial charge in [-0.1, -0.05) is 0 Å². The number of aromatic amines is 1. The summed E-state index contributed by atoms with van der Waals surface area (Å²) in [5, 5.41) is 10.1. The average molecular weight is 193 g/mol. The summed E-state index contributed by atoms with van der Waals surface area (Å²) in [6.45, 7) is 0.552. The van der Waals surface area contributed by atoms with E-state index < -0.39 is 0 Å². The van der Waals surface area contributed by atoms with E-state index in [1.807, 2.05) is 0 Å². The van der Waals surface area contributed by atoms with Crippen LogP contribution in [0, 0.1) is 5.41 Å². The van der Waals surface area contributed by atoms with E-state index in [-0.39, 0.29) is 11.9 Å². The van der Waals surface area contributed by atoms with Gasteiger partial charge in [0.1, 0.15) is 23.4 Å². The first-order valence-corrected chi connectivity index (χ1v) is 4.12. The van der Waals surface area contributed by atoms with Crippen molar-refractivity contribution in [3.63, 3.8) is 0 Å². The number of hydrogen-bond donors (Lipinski definition) is 5. The number of nitrogens with one attached hydrogen (secondary N) is 3. The molecule has 1 unspecified atom stereocenters. The first kappa shape index (κ1) is 8.54. The zero-order valence-electron chi connectivity index (χ0n) is 7.41. The lowest BCUT2D eigenvalue weighted by Crippen LogP contribution is -2.30. The highest BCUT2D eigenvalue weighted by Crippen LogP contribution is 2.12. The summed E-state index contributed by atoms with van der Waals surface area (Å²) in [6, 6.07) is -0.0388. The Morgan fingerprint density at radius 1 is 1.64 bits per heavy atom. The molecule has 14 heavy (non-hydrogen) atoms. The molecule has 1 aromatic rings. The number of nitrogens with zero attached hydrogens (tertiary/aromatic N) is 2. The number of imidazole rings is 1. The van der Waals surface area contributed by atoms with Gasteiger partial charge in [-0.3, -0.25) is 10.4 Å². The maximum absolute atomic E-state index is 7.19. The second-order valence-corrected chi connectivity index (χ2v) is 3.02. The van der Waals surface area contributed by atoms with Crippen molar-refractivity contribution in [2.45, 2.75) is 6.04 Å². The zero-order valence-corrected chi connectivity index (χ0v) is 7.41. The Balaban J connectivity index is 2.14. The minimum Gasteiger partial charge on any atom is -0.382 e. The van der Waals surface area contributed by atoms with E-state index in [1.54, 1.807) is 0 Å². The standard InChI is InChI=1S/C7H11N7/c8-5(9)3-1-11-6(13-3)4-2-12-7(10)14-4/h1,4H,2H2,(H3,8,9)(H,11,13)(H3,10,12,14). The molecule has 0 aromatic carbocycles. The van der Waals surface area contributed by atoms with Gasteiger partial charge in [0.25, 0.3) is 0 Å². The van der Waals surface area contributed by atoms with E-state index in [4.69, 9.17) is 16.9 Å². The molecule has 0 saturated carbocycles. The van der Waals surface area contributed by atoms with Crippen LogP contribution in [-0.2, 0) is 0 Å². The maximum atomic E-state index is 7.19. The van der Waals surface area contributed by atoms with Gasteiger partial charge in [-0.2, -0.15) is 0 Å². The Hall–Kier alpha value is -2.05. The lowest BCUT2D eigenvalue weighted by molar-refractivity contribution is 0.664. The van der Waals surface area contributed by atoms with Crippen molar-refractivity contribution in [3.8, 4) is 0 Å². The van der Waals surface area contributed by atoms with E-state index in [9.17, 15) is 0 Å². The van der Waals surface area contributed by atoms with E-state index in [2.05, 4.69) is 20.3 Å². The predicted molar refractivity (Wildman–Crippen MR) is 52.0 cm³/mol. The Labute approximate surface area is 80.1 Å². The molecule has 0 saturated heterocycles. The quantitative estimate of drug-likeness (QED) is 0.294. The molecule has 0 fully saturated rings. The summed E-state index contributed by atoms with van der Waals surface area (Å²) >= 11 is 0. The van der Waals surface area contributed by atoms with Crippen LogP contribution < -0.4 is 16.8 Å². The topological polar surface area (TPSA) is 129 Å². The Bertz CT molecular complexity index is 390. The second kappa shape index (κ2) is 3.02. The molecule has 74 valence electrons. The van der Waals surface area contributed by atoms with Crippen LogP contribution in [0.4, 0.5) is 0 Å². The van der Waals surface area contributed by atoms with Crippen LogP contribution >= 0.6 is 0 Å². The van der Waals surface area contributed by atoms with Crippen molar-refractivity contribution in [1.29, 1.82) is 5.41 Å². The lowest BCUT2D eigenvalue weighted by atomic mass is 10.3. The number of hydrogen-bond acceptors (Lipinski definition) is 5. The summed E-state index contributed by atoms with van der Waals surface area (Å²) in [5.74, 6) is 1.07. The summed E-state index contributed by atoms with van der Waals surface area (Å²) in [7, 11) is 0. The number of H-pyrrole nitrogens is 1. The van der Waals surface area contributed by atoms with E-state index >= 15 is 0 Å². The third-order valence-electron chi connectivity index (χ3n) is 1.98.